The van der Waals surface area contributed by atoms with Crippen LogP contribution in [0.15, 0.2) is 0 Å². The number of rotatable bonds is 6. The van der Waals surface area contributed by atoms with Gasteiger partial charge in [0, 0.05) is 26.2 Å². The molecule has 0 aromatic carbocycles. The summed E-state index contributed by atoms with van der Waals surface area (Å²) < 4.78 is 31.7. The number of nitrogens with zero attached hydrogens (tertiary/aromatic N) is 1. The van der Waals surface area contributed by atoms with Gasteiger partial charge in [0.15, 0.2) is 0 Å². The highest BCUT2D eigenvalue weighted by Gasteiger charge is 2.33. The van der Waals surface area contributed by atoms with E-state index in [9.17, 15) is 8.42 Å². The Morgan fingerprint density at radius 3 is 2.59 bits per heavy atom. The molecule has 102 valence electrons. The SMILES string of the molecule is CCN1C[C@H](NS(=O)(=O)[C@H](C)COC)[C@@H](C)C1. The molecule has 3 atom stereocenters. The van der Waals surface area contributed by atoms with E-state index in [-0.39, 0.29) is 12.6 Å². The zero-order chi connectivity index (χ0) is 13.1. The lowest BCUT2D eigenvalue weighted by atomic mass is 10.1. The molecule has 1 fully saturated rings. The fourth-order valence-electron chi connectivity index (χ4n) is 2.13. The second kappa shape index (κ2) is 6.13. The molecule has 1 heterocycles. The van der Waals surface area contributed by atoms with Crippen LogP contribution in [0.2, 0.25) is 0 Å². The van der Waals surface area contributed by atoms with Crippen molar-refractivity contribution in [2.24, 2.45) is 5.92 Å². The molecule has 1 rings (SSSR count). The molecule has 0 amide bonds. The van der Waals surface area contributed by atoms with E-state index in [1.807, 2.05) is 0 Å². The molecule has 6 heteroatoms. The van der Waals surface area contributed by atoms with Crippen LogP contribution in [0.3, 0.4) is 0 Å². The fourth-order valence-corrected chi connectivity index (χ4v) is 3.41. The van der Waals surface area contributed by atoms with Crippen molar-refractivity contribution in [3.05, 3.63) is 0 Å². The van der Waals surface area contributed by atoms with Gasteiger partial charge in [-0.2, -0.15) is 0 Å². The molecular weight excluding hydrogens is 240 g/mol. The first-order valence-corrected chi connectivity index (χ1v) is 7.67. The lowest BCUT2D eigenvalue weighted by Gasteiger charge is -2.20. The summed E-state index contributed by atoms with van der Waals surface area (Å²) in [5.74, 6) is 0.361. The number of likely N-dealkylation sites (N-methyl/N-ethyl adjacent to an activating group) is 1. The molecule has 0 radical (unpaired) electrons. The zero-order valence-corrected chi connectivity index (χ0v) is 12.0. The van der Waals surface area contributed by atoms with E-state index in [2.05, 4.69) is 23.5 Å². The van der Waals surface area contributed by atoms with Crippen LogP contribution < -0.4 is 4.72 Å². The van der Waals surface area contributed by atoms with Crippen LogP contribution in [0.5, 0.6) is 0 Å². The van der Waals surface area contributed by atoms with Gasteiger partial charge in [0.1, 0.15) is 0 Å². The summed E-state index contributed by atoms with van der Waals surface area (Å²) >= 11 is 0. The third-order valence-electron chi connectivity index (χ3n) is 3.38. The van der Waals surface area contributed by atoms with E-state index >= 15 is 0 Å². The van der Waals surface area contributed by atoms with Crippen LogP contribution in [0.25, 0.3) is 0 Å². The van der Waals surface area contributed by atoms with E-state index < -0.39 is 15.3 Å². The van der Waals surface area contributed by atoms with Crippen molar-refractivity contribution < 1.29 is 13.2 Å². The Bertz CT molecular complexity index is 332. The molecule has 17 heavy (non-hydrogen) atoms. The van der Waals surface area contributed by atoms with Crippen LogP contribution >= 0.6 is 0 Å². The van der Waals surface area contributed by atoms with Crippen molar-refractivity contribution in [1.29, 1.82) is 0 Å². The van der Waals surface area contributed by atoms with Gasteiger partial charge in [-0.1, -0.05) is 13.8 Å². The number of methoxy groups -OCH3 is 1. The summed E-state index contributed by atoms with van der Waals surface area (Å²) in [6.07, 6.45) is 0. The average Bonchev–Trinajstić information content (AvgIpc) is 2.59. The lowest BCUT2D eigenvalue weighted by molar-refractivity contribution is 0.200. The van der Waals surface area contributed by atoms with Gasteiger partial charge in [-0.15, -0.1) is 0 Å². The molecule has 1 aliphatic heterocycles. The predicted octanol–water partition coefficient (Wildman–Crippen LogP) is 0.281. The predicted molar refractivity (Wildman–Crippen MR) is 68.5 cm³/mol. The second-order valence-corrected chi connectivity index (χ2v) is 7.00. The number of ether oxygens (including phenoxy) is 1. The first-order valence-electron chi connectivity index (χ1n) is 6.13. The monoisotopic (exact) mass is 264 g/mol. The van der Waals surface area contributed by atoms with Crippen LogP contribution in [-0.2, 0) is 14.8 Å². The summed E-state index contributed by atoms with van der Waals surface area (Å²) in [6.45, 7) is 8.81. The molecule has 0 aromatic heterocycles. The summed E-state index contributed by atoms with van der Waals surface area (Å²) in [7, 11) is -1.76. The molecule has 0 saturated carbocycles. The Morgan fingerprint density at radius 2 is 2.12 bits per heavy atom. The number of sulfonamides is 1. The summed E-state index contributed by atoms with van der Waals surface area (Å²) in [4.78, 5) is 2.26. The van der Waals surface area contributed by atoms with Crippen molar-refractivity contribution in [2.75, 3.05) is 33.4 Å². The summed E-state index contributed by atoms with van der Waals surface area (Å²) in [6, 6.07) is 0.0271. The number of hydrogen-bond acceptors (Lipinski definition) is 4. The van der Waals surface area contributed by atoms with E-state index in [4.69, 9.17) is 4.74 Å². The fraction of sp³-hybridized carbons (Fsp3) is 1.00. The smallest absolute Gasteiger partial charge is 0.216 e. The minimum Gasteiger partial charge on any atom is -0.383 e. The minimum absolute atomic E-state index is 0.0271. The second-order valence-electron chi connectivity index (χ2n) is 4.86. The van der Waals surface area contributed by atoms with Crippen molar-refractivity contribution in [3.8, 4) is 0 Å². The quantitative estimate of drug-likeness (QED) is 0.749. The van der Waals surface area contributed by atoms with Gasteiger partial charge in [-0.25, -0.2) is 13.1 Å². The van der Waals surface area contributed by atoms with Gasteiger partial charge in [-0.05, 0) is 19.4 Å². The average molecular weight is 264 g/mol. The third-order valence-corrected chi connectivity index (χ3v) is 5.21. The van der Waals surface area contributed by atoms with Crippen LogP contribution in [0, 0.1) is 5.92 Å². The lowest BCUT2D eigenvalue weighted by Crippen LogP contribution is -2.44. The third kappa shape index (κ3) is 3.91. The van der Waals surface area contributed by atoms with Crippen LogP contribution in [0.1, 0.15) is 20.8 Å². The zero-order valence-electron chi connectivity index (χ0n) is 11.1. The van der Waals surface area contributed by atoms with Crippen molar-refractivity contribution in [1.82, 2.24) is 9.62 Å². The minimum atomic E-state index is -3.27. The van der Waals surface area contributed by atoms with Crippen LogP contribution in [-0.4, -0.2) is 58.0 Å². The van der Waals surface area contributed by atoms with E-state index in [1.165, 1.54) is 7.11 Å². The van der Waals surface area contributed by atoms with E-state index in [0.717, 1.165) is 19.6 Å². The Morgan fingerprint density at radius 1 is 1.47 bits per heavy atom. The summed E-state index contributed by atoms with van der Waals surface area (Å²) in [5, 5.41) is -0.504. The van der Waals surface area contributed by atoms with Crippen molar-refractivity contribution in [2.45, 2.75) is 32.1 Å². The Labute approximate surface area is 105 Å². The highest BCUT2D eigenvalue weighted by atomic mass is 32.2. The molecule has 1 saturated heterocycles. The molecule has 0 aliphatic carbocycles. The first-order chi connectivity index (χ1) is 7.90. The maximum absolute atomic E-state index is 12.0. The van der Waals surface area contributed by atoms with Gasteiger partial charge >= 0.3 is 0 Å². The topological polar surface area (TPSA) is 58.6 Å². The normalized spacial score (nSPS) is 28.5. The molecule has 0 aromatic rings. The maximum atomic E-state index is 12.0. The molecule has 1 N–H and O–H groups in total. The van der Waals surface area contributed by atoms with Gasteiger partial charge in [0.25, 0.3) is 0 Å². The molecule has 0 spiro atoms. The Hall–Kier alpha value is -0.170. The number of likely N-dealkylation sites (tertiary alicyclic amines) is 1. The molecule has 0 bridgehead atoms. The van der Waals surface area contributed by atoms with Crippen molar-refractivity contribution in [3.63, 3.8) is 0 Å². The molecular formula is C11H24N2O3S. The van der Waals surface area contributed by atoms with Gasteiger partial charge < -0.3 is 9.64 Å². The highest BCUT2D eigenvalue weighted by Crippen LogP contribution is 2.17. The Kier molecular flexibility index (Phi) is 5.37. The molecule has 5 nitrogen and oxygen atoms in total. The van der Waals surface area contributed by atoms with Crippen LogP contribution in [0.4, 0.5) is 0 Å². The summed E-state index contributed by atoms with van der Waals surface area (Å²) in [5.41, 5.74) is 0. The van der Waals surface area contributed by atoms with E-state index in [1.54, 1.807) is 6.92 Å². The highest BCUT2D eigenvalue weighted by molar-refractivity contribution is 7.90. The van der Waals surface area contributed by atoms with E-state index in [0.29, 0.717) is 5.92 Å². The van der Waals surface area contributed by atoms with Gasteiger partial charge in [-0.3, -0.25) is 0 Å². The van der Waals surface area contributed by atoms with Gasteiger partial charge in [0.2, 0.25) is 10.0 Å². The molecule has 1 aliphatic rings. The first kappa shape index (κ1) is 14.9. The van der Waals surface area contributed by atoms with Gasteiger partial charge in [0.05, 0.1) is 11.9 Å². The number of hydrogen-bond donors (Lipinski definition) is 1. The Balaban J connectivity index is 2.59. The van der Waals surface area contributed by atoms with Crippen molar-refractivity contribution >= 4 is 10.0 Å². The molecule has 0 unspecified atom stereocenters. The standard InChI is InChI=1S/C11H24N2O3S/c1-5-13-6-9(2)11(7-13)12-17(14,15)10(3)8-16-4/h9-12H,5-8H2,1-4H3/t9-,10+,11-/m0/s1. The largest absolute Gasteiger partial charge is 0.383 e. The maximum Gasteiger partial charge on any atom is 0.216 e. The number of nitrogens with one attached hydrogen (secondary N) is 1.